The number of ketones is 1. The van der Waals surface area contributed by atoms with Crippen LogP contribution in [0.4, 0.5) is 0 Å². The molecule has 1 aromatic rings. The molecule has 4 heteroatoms. The highest BCUT2D eigenvalue weighted by Crippen LogP contribution is 2.28. The number of thioether (sulfide) groups is 1. The fraction of sp³-hybridized carbons (Fsp3) is 0.636. The lowest BCUT2D eigenvalue weighted by atomic mass is 10.2. The van der Waals surface area contributed by atoms with Gasteiger partial charge < -0.3 is 4.42 Å². The van der Waals surface area contributed by atoms with Crippen LogP contribution in [0.25, 0.3) is 0 Å². The van der Waals surface area contributed by atoms with Crippen molar-refractivity contribution in [3.05, 3.63) is 17.8 Å². The van der Waals surface area contributed by atoms with E-state index >= 15 is 0 Å². The van der Waals surface area contributed by atoms with Crippen LogP contribution in [0.5, 0.6) is 0 Å². The Morgan fingerprint density at radius 3 is 3.27 bits per heavy atom. The Balaban J connectivity index is 1.91. The van der Waals surface area contributed by atoms with E-state index in [9.17, 15) is 4.79 Å². The number of hydrogen-bond acceptors (Lipinski definition) is 4. The van der Waals surface area contributed by atoms with Crippen molar-refractivity contribution in [2.24, 2.45) is 0 Å². The monoisotopic (exact) mass is 225 g/mol. The highest BCUT2D eigenvalue weighted by molar-refractivity contribution is 8.00. The SMILES string of the molecule is CC(=O)Cc1cnc(CC2CCCS2)o1. The Labute approximate surface area is 93.6 Å². The maximum atomic E-state index is 10.9. The number of aromatic nitrogens is 1. The first-order valence-electron chi connectivity index (χ1n) is 5.28. The molecule has 2 heterocycles. The van der Waals surface area contributed by atoms with Crippen LogP contribution in [0.3, 0.4) is 0 Å². The maximum Gasteiger partial charge on any atom is 0.195 e. The van der Waals surface area contributed by atoms with Crippen LogP contribution in [0.2, 0.25) is 0 Å². The van der Waals surface area contributed by atoms with E-state index in [-0.39, 0.29) is 5.78 Å². The fourth-order valence-electron chi connectivity index (χ4n) is 1.77. The van der Waals surface area contributed by atoms with Gasteiger partial charge in [-0.05, 0) is 25.5 Å². The van der Waals surface area contributed by atoms with E-state index in [1.165, 1.54) is 18.6 Å². The van der Waals surface area contributed by atoms with Gasteiger partial charge in [0.25, 0.3) is 0 Å². The summed E-state index contributed by atoms with van der Waals surface area (Å²) < 4.78 is 5.51. The predicted molar refractivity (Wildman–Crippen MR) is 60.1 cm³/mol. The summed E-state index contributed by atoms with van der Waals surface area (Å²) in [5.74, 6) is 2.85. The van der Waals surface area contributed by atoms with Crippen LogP contribution in [0.1, 0.15) is 31.4 Å². The molecule has 1 saturated heterocycles. The number of rotatable bonds is 4. The molecular formula is C11H15NO2S. The molecule has 3 nitrogen and oxygen atoms in total. The minimum atomic E-state index is 0.118. The molecule has 1 aliphatic heterocycles. The van der Waals surface area contributed by atoms with E-state index in [4.69, 9.17) is 4.42 Å². The minimum Gasteiger partial charge on any atom is -0.445 e. The van der Waals surface area contributed by atoms with Crippen molar-refractivity contribution >= 4 is 17.5 Å². The fourth-order valence-corrected chi connectivity index (χ4v) is 3.03. The van der Waals surface area contributed by atoms with Crippen molar-refractivity contribution in [2.45, 2.75) is 37.9 Å². The molecule has 1 atom stereocenters. The second-order valence-corrected chi connectivity index (χ2v) is 5.35. The Morgan fingerprint density at radius 2 is 2.60 bits per heavy atom. The summed E-state index contributed by atoms with van der Waals surface area (Å²) in [6.45, 7) is 1.56. The minimum absolute atomic E-state index is 0.118. The molecule has 1 unspecified atom stereocenters. The Morgan fingerprint density at radius 1 is 1.73 bits per heavy atom. The number of carbonyl (C=O) groups excluding carboxylic acids is 1. The topological polar surface area (TPSA) is 43.1 Å². The van der Waals surface area contributed by atoms with Gasteiger partial charge in [0.05, 0.1) is 12.6 Å². The van der Waals surface area contributed by atoms with Crippen LogP contribution in [-0.2, 0) is 17.6 Å². The summed E-state index contributed by atoms with van der Waals surface area (Å²) in [6.07, 6.45) is 5.51. The van der Waals surface area contributed by atoms with Gasteiger partial charge in [0.1, 0.15) is 11.5 Å². The van der Waals surface area contributed by atoms with E-state index in [1.54, 1.807) is 13.1 Å². The standard InChI is InChI=1S/C11H15NO2S/c1-8(13)5-9-7-12-11(14-9)6-10-3-2-4-15-10/h7,10H,2-6H2,1H3. The molecule has 1 aromatic heterocycles. The number of carbonyl (C=O) groups is 1. The Kier molecular flexibility index (Phi) is 3.46. The van der Waals surface area contributed by atoms with Crippen molar-refractivity contribution < 1.29 is 9.21 Å². The van der Waals surface area contributed by atoms with Gasteiger partial charge in [0.15, 0.2) is 5.89 Å². The summed E-state index contributed by atoms with van der Waals surface area (Å²) in [7, 11) is 0. The number of oxazole rings is 1. The first kappa shape index (κ1) is 10.7. The first-order valence-corrected chi connectivity index (χ1v) is 6.33. The van der Waals surface area contributed by atoms with Crippen LogP contribution >= 0.6 is 11.8 Å². The average Bonchev–Trinajstić information content (AvgIpc) is 2.77. The molecule has 0 saturated carbocycles. The smallest absolute Gasteiger partial charge is 0.195 e. The largest absolute Gasteiger partial charge is 0.445 e. The van der Waals surface area contributed by atoms with E-state index in [0.29, 0.717) is 17.4 Å². The molecule has 0 aromatic carbocycles. The molecule has 1 aliphatic rings. The van der Waals surface area contributed by atoms with Gasteiger partial charge in [-0.2, -0.15) is 11.8 Å². The zero-order valence-electron chi connectivity index (χ0n) is 8.86. The Bertz CT molecular complexity index is 342. The van der Waals surface area contributed by atoms with E-state index < -0.39 is 0 Å². The molecule has 1 fully saturated rings. The molecule has 0 N–H and O–H groups in total. The van der Waals surface area contributed by atoms with E-state index in [0.717, 1.165) is 12.3 Å². The van der Waals surface area contributed by atoms with Crippen LogP contribution < -0.4 is 0 Å². The summed E-state index contributed by atoms with van der Waals surface area (Å²) in [4.78, 5) is 15.1. The summed E-state index contributed by atoms with van der Waals surface area (Å²) >= 11 is 1.99. The van der Waals surface area contributed by atoms with Crippen molar-refractivity contribution in [2.75, 3.05) is 5.75 Å². The van der Waals surface area contributed by atoms with Gasteiger partial charge in [-0.25, -0.2) is 4.98 Å². The molecular weight excluding hydrogens is 210 g/mol. The van der Waals surface area contributed by atoms with Crippen LogP contribution in [-0.4, -0.2) is 21.8 Å². The van der Waals surface area contributed by atoms with E-state index in [1.807, 2.05) is 11.8 Å². The molecule has 0 radical (unpaired) electrons. The summed E-state index contributed by atoms with van der Waals surface area (Å²) in [5, 5.41) is 0.661. The van der Waals surface area contributed by atoms with Crippen LogP contribution in [0, 0.1) is 0 Å². The van der Waals surface area contributed by atoms with Gasteiger partial charge in [-0.3, -0.25) is 4.79 Å². The third-order valence-corrected chi connectivity index (χ3v) is 3.85. The normalized spacial score (nSPS) is 20.7. The highest BCUT2D eigenvalue weighted by Gasteiger charge is 2.18. The quantitative estimate of drug-likeness (QED) is 0.788. The zero-order chi connectivity index (χ0) is 10.7. The van der Waals surface area contributed by atoms with Crippen molar-refractivity contribution in [3.63, 3.8) is 0 Å². The first-order chi connectivity index (χ1) is 7.24. The third kappa shape index (κ3) is 3.09. The van der Waals surface area contributed by atoms with Gasteiger partial charge in [-0.15, -0.1) is 0 Å². The molecule has 0 bridgehead atoms. The maximum absolute atomic E-state index is 10.9. The summed E-state index contributed by atoms with van der Waals surface area (Å²) in [5.41, 5.74) is 0. The molecule has 2 rings (SSSR count). The molecule has 0 spiro atoms. The van der Waals surface area contributed by atoms with Crippen LogP contribution in [0.15, 0.2) is 10.6 Å². The molecule has 15 heavy (non-hydrogen) atoms. The second-order valence-electron chi connectivity index (χ2n) is 3.94. The third-order valence-electron chi connectivity index (χ3n) is 2.45. The van der Waals surface area contributed by atoms with Gasteiger partial charge in [0.2, 0.25) is 0 Å². The van der Waals surface area contributed by atoms with Gasteiger partial charge in [-0.1, -0.05) is 0 Å². The lowest BCUT2D eigenvalue weighted by molar-refractivity contribution is -0.116. The molecule has 0 aliphatic carbocycles. The number of Topliss-reactive ketones (excluding diaryl/α,β-unsaturated/α-hetero) is 1. The number of nitrogens with zero attached hydrogens (tertiary/aromatic N) is 1. The molecule has 0 amide bonds. The molecule has 82 valence electrons. The zero-order valence-corrected chi connectivity index (χ0v) is 9.68. The van der Waals surface area contributed by atoms with Gasteiger partial charge in [0, 0.05) is 11.7 Å². The Hall–Kier alpha value is -0.770. The second kappa shape index (κ2) is 4.84. The van der Waals surface area contributed by atoms with Crippen molar-refractivity contribution in [1.82, 2.24) is 4.98 Å². The lowest BCUT2D eigenvalue weighted by Crippen LogP contribution is -2.01. The predicted octanol–water partition coefficient (Wildman–Crippen LogP) is 2.24. The van der Waals surface area contributed by atoms with Crippen molar-refractivity contribution in [3.8, 4) is 0 Å². The van der Waals surface area contributed by atoms with Gasteiger partial charge >= 0.3 is 0 Å². The summed E-state index contributed by atoms with van der Waals surface area (Å²) in [6, 6.07) is 0. The van der Waals surface area contributed by atoms with Crippen molar-refractivity contribution in [1.29, 1.82) is 0 Å². The lowest BCUT2D eigenvalue weighted by Gasteiger charge is -2.03. The van der Waals surface area contributed by atoms with E-state index in [2.05, 4.69) is 4.98 Å². The average molecular weight is 225 g/mol. The highest BCUT2D eigenvalue weighted by atomic mass is 32.2. The number of hydrogen-bond donors (Lipinski definition) is 0.